The molecule has 27 heavy (non-hydrogen) atoms. The van der Waals surface area contributed by atoms with Gasteiger partial charge < -0.3 is 18.8 Å². The van der Waals surface area contributed by atoms with Gasteiger partial charge in [-0.2, -0.15) is 8.42 Å². The Morgan fingerprint density at radius 3 is 2.11 bits per heavy atom. The third kappa shape index (κ3) is 7.99. The smallest absolute Gasteiger partial charge is 0.306 e. The summed E-state index contributed by atoms with van der Waals surface area (Å²) in [5.41, 5.74) is 2.10. The molecule has 2 rings (SSSR count). The predicted octanol–water partition coefficient (Wildman–Crippen LogP) is 2.59. The van der Waals surface area contributed by atoms with Gasteiger partial charge in [0.2, 0.25) is 0 Å². The van der Waals surface area contributed by atoms with Crippen molar-refractivity contribution in [3.63, 3.8) is 0 Å². The Hall–Kier alpha value is -2.09. The third-order valence-corrected chi connectivity index (χ3v) is 4.32. The van der Waals surface area contributed by atoms with Gasteiger partial charge in [-0.3, -0.25) is 0 Å². The van der Waals surface area contributed by atoms with Crippen molar-refractivity contribution in [2.24, 2.45) is 0 Å². The van der Waals surface area contributed by atoms with Crippen LogP contribution in [0.4, 0.5) is 0 Å². The summed E-state index contributed by atoms with van der Waals surface area (Å²) in [5.74, 6) is 1.07. The van der Waals surface area contributed by atoms with Crippen molar-refractivity contribution in [3.05, 3.63) is 59.7 Å². The number of benzene rings is 2. The van der Waals surface area contributed by atoms with E-state index in [1.165, 1.54) is 0 Å². The molecule has 1 atom stereocenters. The van der Waals surface area contributed by atoms with E-state index in [9.17, 15) is 13.5 Å². The van der Waals surface area contributed by atoms with Crippen LogP contribution >= 0.6 is 0 Å². The van der Waals surface area contributed by atoms with E-state index in [-0.39, 0.29) is 12.7 Å². The fraction of sp³-hybridized carbons (Fsp3) is 0.400. The van der Waals surface area contributed by atoms with E-state index < -0.39 is 10.1 Å². The van der Waals surface area contributed by atoms with Crippen LogP contribution in [0.15, 0.2) is 48.5 Å². The highest BCUT2D eigenvalue weighted by atomic mass is 32.2. The average Bonchev–Trinajstić information content (AvgIpc) is 2.63. The molecule has 0 saturated carbocycles. The first-order valence-electron chi connectivity index (χ1n) is 8.82. The lowest BCUT2D eigenvalue weighted by Gasteiger charge is -2.14. The molecule has 0 heterocycles. The highest BCUT2D eigenvalue weighted by Crippen LogP contribution is 2.17. The Kier molecular flexibility index (Phi) is 8.09. The molecule has 0 radical (unpaired) electrons. The Morgan fingerprint density at radius 2 is 1.56 bits per heavy atom. The van der Waals surface area contributed by atoms with Crippen LogP contribution in [-0.2, 0) is 27.7 Å². The van der Waals surface area contributed by atoms with Crippen molar-refractivity contribution in [1.29, 1.82) is 0 Å². The van der Waals surface area contributed by atoms with Gasteiger partial charge in [-0.05, 0) is 42.3 Å². The maximum absolute atomic E-state index is 11.1. The summed E-state index contributed by atoms with van der Waals surface area (Å²) in [6.07, 6.45) is 2.18. The molecule has 0 bridgehead atoms. The molecular formula is C20H26O6S. The fourth-order valence-electron chi connectivity index (χ4n) is 2.57. The van der Waals surface area contributed by atoms with Crippen LogP contribution in [-0.4, -0.2) is 45.7 Å². The van der Waals surface area contributed by atoms with Crippen molar-refractivity contribution in [3.8, 4) is 11.5 Å². The lowest BCUT2D eigenvalue weighted by molar-refractivity contribution is 0.0207. The molecule has 0 fully saturated rings. The minimum absolute atomic E-state index is 0.000107. The van der Waals surface area contributed by atoms with E-state index in [2.05, 4.69) is 0 Å². The van der Waals surface area contributed by atoms with E-state index in [1.54, 1.807) is 12.1 Å². The van der Waals surface area contributed by atoms with Gasteiger partial charge in [-0.25, -0.2) is 0 Å². The zero-order chi connectivity index (χ0) is 19.7. The van der Waals surface area contributed by atoms with Crippen molar-refractivity contribution in [1.82, 2.24) is 0 Å². The molecule has 1 N–H and O–H groups in total. The minimum Gasteiger partial charge on any atom is -0.493 e. The van der Waals surface area contributed by atoms with Crippen LogP contribution in [0.3, 0.4) is 0 Å². The molecule has 2 aromatic carbocycles. The molecule has 0 saturated heterocycles. The van der Waals surface area contributed by atoms with Crippen LogP contribution in [0.5, 0.6) is 11.5 Å². The number of ether oxygens (including phenoxy) is 2. The molecule has 0 aliphatic heterocycles. The van der Waals surface area contributed by atoms with Crippen molar-refractivity contribution in [2.75, 3.05) is 26.1 Å². The minimum atomic E-state index is -3.51. The van der Waals surface area contributed by atoms with Gasteiger partial charge in [0, 0.05) is 19.4 Å². The summed E-state index contributed by atoms with van der Waals surface area (Å²) in [6, 6.07) is 14.6. The lowest BCUT2D eigenvalue weighted by atomic mass is 10.1. The van der Waals surface area contributed by atoms with Crippen LogP contribution in [0.25, 0.3) is 0 Å². The normalized spacial score (nSPS) is 12.6. The van der Waals surface area contributed by atoms with Crippen molar-refractivity contribution >= 4 is 10.1 Å². The summed E-state index contributed by atoms with van der Waals surface area (Å²) < 4.78 is 38.2. The second-order valence-corrected chi connectivity index (χ2v) is 7.71. The molecule has 0 aromatic heterocycles. The number of hydrogen-bond donors (Lipinski definition) is 1. The Balaban J connectivity index is 1.79. The third-order valence-electron chi connectivity index (χ3n) is 3.82. The molecule has 0 aliphatic rings. The molecular weight excluding hydrogens is 368 g/mol. The second-order valence-electron chi connectivity index (χ2n) is 6.14. The highest BCUT2D eigenvalue weighted by Gasteiger charge is 2.08. The van der Waals surface area contributed by atoms with E-state index in [4.69, 9.17) is 13.7 Å². The molecule has 0 amide bonds. The Bertz CT molecular complexity index is 784. The van der Waals surface area contributed by atoms with Gasteiger partial charge in [0.25, 0.3) is 0 Å². The summed E-state index contributed by atoms with van der Waals surface area (Å²) in [4.78, 5) is 0. The quantitative estimate of drug-likeness (QED) is 0.590. The first kappa shape index (κ1) is 21.2. The van der Waals surface area contributed by atoms with E-state index in [1.807, 2.05) is 43.3 Å². The molecule has 0 aliphatic carbocycles. The predicted molar refractivity (Wildman–Crippen MR) is 104 cm³/mol. The Labute approximate surface area is 160 Å². The topological polar surface area (TPSA) is 82.1 Å². The van der Waals surface area contributed by atoms with Gasteiger partial charge in [-0.1, -0.05) is 24.3 Å². The Morgan fingerprint density at radius 1 is 0.963 bits per heavy atom. The summed E-state index contributed by atoms with van der Waals surface area (Å²) in [6.45, 7) is 2.99. The first-order valence-corrected chi connectivity index (χ1v) is 10.6. The fourth-order valence-corrected chi connectivity index (χ4v) is 3.03. The summed E-state index contributed by atoms with van der Waals surface area (Å²) in [5, 5.41) is 9.28. The molecule has 2 aromatic rings. The standard InChI is InChI=1S/C20H26O6S/c1-3-24-20(15-21)14-17-6-8-18(9-7-17)25-13-12-16-4-10-19(11-5-16)26-27(2,22)23/h4-11,20-21H,3,12-15H2,1-2H3. The maximum atomic E-state index is 11.1. The van der Waals surface area contributed by atoms with Gasteiger partial charge in [-0.15, -0.1) is 0 Å². The van der Waals surface area contributed by atoms with Crippen molar-refractivity contribution < 1.29 is 27.2 Å². The molecule has 148 valence electrons. The summed E-state index contributed by atoms with van der Waals surface area (Å²) in [7, 11) is -3.51. The molecule has 6 nitrogen and oxygen atoms in total. The van der Waals surface area contributed by atoms with Crippen molar-refractivity contribution in [2.45, 2.75) is 25.9 Å². The van der Waals surface area contributed by atoms with Crippen LogP contribution < -0.4 is 8.92 Å². The number of rotatable bonds is 11. The zero-order valence-electron chi connectivity index (χ0n) is 15.6. The number of aliphatic hydroxyl groups excluding tert-OH is 1. The highest BCUT2D eigenvalue weighted by molar-refractivity contribution is 7.86. The van der Waals surface area contributed by atoms with Gasteiger partial charge >= 0.3 is 10.1 Å². The monoisotopic (exact) mass is 394 g/mol. The van der Waals surface area contributed by atoms with Crippen LogP contribution in [0, 0.1) is 0 Å². The maximum Gasteiger partial charge on any atom is 0.306 e. The van der Waals surface area contributed by atoms with E-state index in [0.717, 1.165) is 23.1 Å². The number of hydrogen-bond acceptors (Lipinski definition) is 6. The largest absolute Gasteiger partial charge is 0.493 e. The second kappa shape index (κ2) is 10.3. The molecule has 1 unspecified atom stereocenters. The zero-order valence-corrected chi connectivity index (χ0v) is 16.4. The van der Waals surface area contributed by atoms with E-state index in [0.29, 0.717) is 31.8 Å². The average molecular weight is 394 g/mol. The number of aliphatic hydroxyl groups is 1. The summed E-state index contributed by atoms with van der Waals surface area (Å²) >= 11 is 0. The van der Waals surface area contributed by atoms with E-state index >= 15 is 0 Å². The van der Waals surface area contributed by atoms with Crippen LogP contribution in [0.1, 0.15) is 18.1 Å². The SMILES string of the molecule is CCOC(CO)Cc1ccc(OCCc2ccc(OS(C)(=O)=O)cc2)cc1. The van der Waals surface area contributed by atoms with Gasteiger partial charge in [0.1, 0.15) is 11.5 Å². The van der Waals surface area contributed by atoms with Gasteiger partial charge in [0.15, 0.2) is 0 Å². The first-order chi connectivity index (χ1) is 12.9. The lowest BCUT2D eigenvalue weighted by Crippen LogP contribution is -2.20. The molecule has 7 heteroatoms. The van der Waals surface area contributed by atoms with Crippen LogP contribution in [0.2, 0.25) is 0 Å². The molecule has 0 spiro atoms. The van der Waals surface area contributed by atoms with Gasteiger partial charge in [0.05, 0.1) is 25.6 Å².